The fourth-order valence-corrected chi connectivity index (χ4v) is 4.34. The highest BCUT2D eigenvalue weighted by Gasteiger charge is 2.22. The molecule has 0 spiro atoms. The summed E-state index contributed by atoms with van der Waals surface area (Å²) in [6.45, 7) is 7.54. The van der Waals surface area contributed by atoms with Gasteiger partial charge in [0.05, 0.1) is 13.5 Å². The van der Waals surface area contributed by atoms with E-state index in [1.807, 2.05) is 57.2 Å². The van der Waals surface area contributed by atoms with Crippen LogP contribution >= 0.6 is 0 Å². The number of rotatable bonds is 12. The molecule has 7 heteroatoms. The van der Waals surface area contributed by atoms with Gasteiger partial charge in [0, 0.05) is 28.7 Å². The second-order valence-electron chi connectivity index (χ2n) is 9.53. The summed E-state index contributed by atoms with van der Waals surface area (Å²) >= 11 is 0. The summed E-state index contributed by atoms with van der Waals surface area (Å²) < 4.78 is 5.35. The number of aryl methyl sites for hydroxylation is 3. The number of fused-ring (bicyclic) bond motifs is 1. The molecule has 0 aliphatic carbocycles. The number of hydrogen-bond acceptors (Lipinski definition) is 4. The van der Waals surface area contributed by atoms with E-state index in [0.29, 0.717) is 18.5 Å². The minimum absolute atomic E-state index is 0.150. The van der Waals surface area contributed by atoms with Crippen molar-refractivity contribution in [2.45, 2.75) is 72.3 Å². The second kappa shape index (κ2) is 12.4. The van der Waals surface area contributed by atoms with Crippen molar-refractivity contribution >= 4 is 34.2 Å². The number of aromatic nitrogens is 1. The highest BCUT2D eigenvalue weighted by Crippen LogP contribution is 2.27. The van der Waals surface area contributed by atoms with Crippen molar-refractivity contribution < 1.29 is 19.1 Å². The van der Waals surface area contributed by atoms with Crippen LogP contribution in [0.4, 0.5) is 5.69 Å². The van der Waals surface area contributed by atoms with Crippen LogP contribution in [0.3, 0.4) is 0 Å². The number of ketones is 1. The van der Waals surface area contributed by atoms with Crippen LogP contribution in [0.25, 0.3) is 10.9 Å². The van der Waals surface area contributed by atoms with Gasteiger partial charge in [0.1, 0.15) is 17.6 Å². The molecular formula is C29H37N3O4. The number of methoxy groups -OCH3 is 1. The van der Waals surface area contributed by atoms with E-state index in [1.54, 1.807) is 14.0 Å². The van der Waals surface area contributed by atoms with Crippen molar-refractivity contribution in [1.29, 1.82) is 0 Å². The van der Waals surface area contributed by atoms with Crippen molar-refractivity contribution in [3.63, 3.8) is 0 Å². The molecule has 36 heavy (non-hydrogen) atoms. The van der Waals surface area contributed by atoms with Gasteiger partial charge in [0.25, 0.3) is 0 Å². The Morgan fingerprint density at radius 3 is 2.44 bits per heavy atom. The summed E-state index contributed by atoms with van der Waals surface area (Å²) in [6.07, 6.45) is 3.53. The zero-order valence-corrected chi connectivity index (χ0v) is 21.9. The maximum absolute atomic E-state index is 13.2. The summed E-state index contributed by atoms with van der Waals surface area (Å²) in [5, 5.41) is 6.85. The van der Waals surface area contributed by atoms with Gasteiger partial charge in [0.15, 0.2) is 0 Å². The van der Waals surface area contributed by atoms with Gasteiger partial charge in [0.2, 0.25) is 11.8 Å². The molecule has 0 aliphatic rings. The van der Waals surface area contributed by atoms with Gasteiger partial charge in [-0.3, -0.25) is 9.59 Å². The van der Waals surface area contributed by atoms with Crippen LogP contribution < -0.4 is 15.4 Å². The van der Waals surface area contributed by atoms with E-state index in [-0.39, 0.29) is 24.0 Å². The van der Waals surface area contributed by atoms with E-state index in [0.717, 1.165) is 58.3 Å². The van der Waals surface area contributed by atoms with Crippen LogP contribution in [-0.4, -0.2) is 35.7 Å². The lowest BCUT2D eigenvalue weighted by Gasteiger charge is -2.19. The highest BCUT2D eigenvalue weighted by atomic mass is 16.5. The predicted octanol–water partition coefficient (Wildman–Crippen LogP) is 5.31. The summed E-state index contributed by atoms with van der Waals surface area (Å²) in [5.41, 5.74) is 5.67. The molecule has 3 aromatic rings. The number of anilines is 1. The monoisotopic (exact) mass is 491 g/mol. The first-order chi connectivity index (χ1) is 17.2. The SMILES string of the molecule is COc1ccc2[nH]c(C)c(CC(=O)N[C@@H](CCCCCC(C)=O)C(=O)Nc3ccc(C)c(C)c3)c2c1. The molecule has 1 heterocycles. The molecule has 7 nitrogen and oxygen atoms in total. The lowest BCUT2D eigenvalue weighted by molar-refractivity contribution is -0.126. The van der Waals surface area contributed by atoms with E-state index < -0.39 is 6.04 Å². The van der Waals surface area contributed by atoms with Gasteiger partial charge in [-0.15, -0.1) is 0 Å². The topological polar surface area (TPSA) is 100 Å². The van der Waals surface area contributed by atoms with Crippen molar-refractivity contribution in [3.8, 4) is 5.75 Å². The average molecular weight is 492 g/mol. The first-order valence-electron chi connectivity index (χ1n) is 12.5. The predicted molar refractivity (Wildman–Crippen MR) is 144 cm³/mol. The van der Waals surface area contributed by atoms with Crippen LogP contribution in [0.2, 0.25) is 0 Å². The number of benzene rings is 2. The molecule has 0 radical (unpaired) electrons. The number of aromatic amines is 1. The van der Waals surface area contributed by atoms with Crippen LogP contribution in [0.5, 0.6) is 5.75 Å². The number of carbonyl (C=O) groups is 3. The lowest BCUT2D eigenvalue weighted by atomic mass is 10.0. The third-order valence-electron chi connectivity index (χ3n) is 6.61. The summed E-state index contributed by atoms with van der Waals surface area (Å²) in [5.74, 6) is 0.429. The molecule has 0 bridgehead atoms. The fourth-order valence-electron chi connectivity index (χ4n) is 4.34. The Hall–Kier alpha value is -3.61. The number of H-pyrrole nitrogens is 1. The molecule has 3 rings (SSSR count). The third-order valence-corrected chi connectivity index (χ3v) is 6.61. The molecule has 0 saturated carbocycles. The maximum atomic E-state index is 13.2. The van der Waals surface area contributed by atoms with Gasteiger partial charge >= 0.3 is 0 Å². The van der Waals surface area contributed by atoms with Crippen LogP contribution in [-0.2, 0) is 20.8 Å². The number of hydrogen-bond donors (Lipinski definition) is 3. The van der Waals surface area contributed by atoms with Crippen molar-refractivity contribution in [1.82, 2.24) is 10.3 Å². The van der Waals surface area contributed by atoms with Gasteiger partial charge in [-0.2, -0.15) is 0 Å². The Morgan fingerprint density at radius 2 is 1.75 bits per heavy atom. The van der Waals surface area contributed by atoms with Gasteiger partial charge in [-0.05, 0) is 87.6 Å². The first kappa shape index (κ1) is 27.0. The molecule has 1 aromatic heterocycles. The number of carbonyl (C=O) groups excluding carboxylic acids is 3. The quantitative estimate of drug-likeness (QED) is 0.299. The number of unbranched alkanes of at least 4 members (excludes halogenated alkanes) is 2. The van der Waals surface area contributed by atoms with Crippen molar-refractivity contribution in [3.05, 3.63) is 58.8 Å². The molecule has 0 fully saturated rings. The Balaban J connectivity index is 1.72. The lowest BCUT2D eigenvalue weighted by Crippen LogP contribution is -2.44. The zero-order valence-electron chi connectivity index (χ0n) is 21.9. The minimum atomic E-state index is -0.670. The summed E-state index contributed by atoms with van der Waals surface area (Å²) in [4.78, 5) is 40.9. The number of ether oxygens (including phenoxy) is 1. The Morgan fingerprint density at radius 1 is 0.972 bits per heavy atom. The van der Waals surface area contributed by atoms with Crippen molar-refractivity contribution in [2.24, 2.45) is 0 Å². The summed E-state index contributed by atoms with van der Waals surface area (Å²) in [7, 11) is 1.61. The van der Waals surface area contributed by atoms with E-state index >= 15 is 0 Å². The van der Waals surface area contributed by atoms with E-state index in [9.17, 15) is 14.4 Å². The Bertz CT molecular complexity index is 1240. The molecule has 3 N–H and O–H groups in total. The maximum Gasteiger partial charge on any atom is 0.246 e. The standard InChI is InChI=1S/C29H37N3O4/c1-18-11-12-22(15-19(18)2)31-29(35)27(10-8-6-7-9-20(3)33)32-28(34)17-24-21(4)30-26-14-13-23(36-5)16-25(24)26/h11-16,27,30H,6-10,17H2,1-5H3,(H,31,35)(H,32,34)/t27-/m0/s1. The molecular weight excluding hydrogens is 454 g/mol. The molecule has 0 aliphatic heterocycles. The second-order valence-corrected chi connectivity index (χ2v) is 9.53. The number of Topliss-reactive ketones (excluding diaryl/α,β-unsaturated/α-hetero) is 1. The molecule has 192 valence electrons. The molecule has 1 atom stereocenters. The number of amides is 2. The molecule has 2 aromatic carbocycles. The average Bonchev–Trinajstić information content (AvgIpc) is 3.14. The molecule has 0 saturated heterocycles. The van der Waals surface area contributed by atoms with E-state index in [1.165, 1.54) is 0 Å². The smallest absolute Gasteiger partial charge is 0.246 e. The van der Waals surface area contributed by atoms with Crippen molar-refractivity contribution in [2.75, 3.05) is 12.4 Å². The third kappa shape index (κ3) is 7.20. The van der Waals surface area contributed by atoms with E-state index in [4.69, 9.17) is 4.74 Å². The fraction of sp³-hybridized carbons (Fsp3) is 0.414. The molecule has 0 unspecified atom stereocenters. The first-order valence-corrected chi connectivity index (χ1v) is 12.5. The normalized spacial score (nSPS) is 11.8. The molecule has 2 amide bonds. The number of nitrogens with one attached hydrogen (secondary N) is 3. The van der Waals surface area contributed by atoms with Gasteiger partial charge in [-0.25, -0.2) is 0 Å². The Labute approximate surface area is 213 Å². The summed E-state index contributed by atoms with van der Waals surface area (Å²) in [6, 6.07) is 10.8. The Kier molecular flexibility index (Phi) is 9.28. The zero-order chi connectivity index (χ0) is 26.2. The largest absolute Gasteiger partial charge is 0.497 e. The van der Waals surface area contributed by atoms with Crippen LogP contribution in [0.15, 0.2) is 36.4 Å². The minimum Gasteiger partial charge on any atom is -0.497 e. The highest BCUT2D eigenvalue weighted by molar-refractivity contribution is 5.98. The van der Waals surface area contributed by atoms with Gasteiger partial charge in [-0.1, -0.05) is 18.9 Å². The van der Waals surface area contributed by atoms with Crippen LogP contribution in [0.1, 0.15) is 61.4 Å². The van der Waals surface area contributed by atoms with Gasteiger partial charge < -0.3 is 25.1 Å². The van der Waals surface area contributed by atoms with Crippen LogP contribution in [0, 0.1) is 20.8 Å². The van der Waals surface area contributed by atoms with E-state index in [2.05, 4.69) is 15.6 Å².